The van der Waals surface area contributed by atoms with Gasteiger partial charge in [-0.25, -0.2) is 0 Å². The Morgan fingerprint density at radius 1 is 1.20 bits per heavy atom. The van der Waals surface area contributed by atoms with Gasteiger partial charge in [0.05, 0.1) is 6.42 Å². The van der Waals surface area contributed by atoms with E-state index < -0.39 is 5.97 Å². The maximum atomic E-state index is 10.6. The topological polar surface area (TPSA) is 40.5 Å². The van der Waals surface area contributed by atoms with Gasteiger partial charge in [-0.2, -0.15) is 0 Å². The summed E-state index contributed by atoms with van der Waals surface area (Å²) in [6, 6.07) is 0.713. The molecule has 2 saturated carbocycles. The summed E-state index contributed by atoms with van der Waals surface area (Å²) in [6.07, 6.45) is 8.35. The van der Waals surface area contributed by atoms with Gasteiger partial charge < -0.3 is 5.11 Å². The number of carbonyl (C=O) groups is 1. The summed E-state index contributed by atoms with van der Waals surface area (Å²) in [5, 5.41) is 8.70. The van der Waals surface area contributed by atoms with Crippen molar-refractivity contribution in [3.8, 4) is 0 Å². The Bertz CT molecular complexity index is 220. The molecule has 0 bridgehead atoms. The van der Waals surface area contributed by atoms with Crippen molar-refractivity contribution < 1.29 is 9.90 Å². The molecular weight excluding hydrogens is 190 g/mol. The van der Waals surface area contributed by atoms with Gasteiger partial charge in [0.2, 0.25) is 0 Å². The van der Waals surface area contributed by atoms with Crippen LogP contribution in [0.25, 0.3) is 0 Å². The molecule has 2 rings (SSSR count). The largest absolute Gasteiger partial charge is 0.481 e. The zero-order chi connectivity index (χ0) is 10.7. The van der Waals surface area contributed by atoms with Crippen molar-refractivity contribution in [1.29, 1.82) is 0 Å². The number of aliphatic carboxylic acids is 1. The molecule has 1 N–H and O–H groups in total. The van der Waals surface area contributed by atoms with E-state index in [1.54, 1.807) is 0 Å². The van der Waals surface area contributed by atoms with Crippen molar-refractivity contribution in [2.24, 2.45) is 5.92 Å². The van der Waals surface area contributed by atoms with E-state index in [4.69, 9.17) is 5.11 Å². The second-order valence-corrected chi connectivity index (χ2v) is 5.02. The van der Waals surface area contributed by atoms with Crippen LogP contribution in [0, 0.1) is 5.92 Å². The van der Waals surface area contributed by atoms with Crippen LogP contribution in [0.1, 0.15) is 44.9 Å². The van der Waals surface area contributed by atoms with E-state index in [2.05, 4.69) is 4.90 Å². The average molecular weight is 211 g/mol. The van der Waals surface area contributed by atoms with Crippen LogP contribution >= 0.6 is 0 Å². The number of rotatable bonds is 6. The molecule has 0 heterocycles. The molecule has 0 aromatic heterocycles. The fraction of sp³-hybridized carbons (Fsp3) is 0.917. The van der Waals surface area contributed by atoms with E-state index >= 15 is 0 Å². The Hall–Kier alpha value is -0.570. The maximum absolute atomic E-state index is 10.6. The first-order valence-electron chi connectivity index (χ1n) is 6.21. The van der Waals surface area contributed by atoms with Gasteiger partial charge in [-0.05, 0) is 31.6 Å². The highest BCUT2D eigenvalue weighted by Crippen LogP contribution is 2.31. The number of carboxylic acid groups (broad SMARTS) is 1. The summed E-state index contributed by atoms with van der Waals surface area (Å²) in [4.78, 5) is 13.0. The van der Waals surface area contributed by atoms with E-state index in [1.165, 1.54) is 38.5 Å². The summed E-state index contributed by atoms with van der Waals surface area (Å²) in [6.45, 7) is 1.91. The molecule has 2 aliphatic rings. The lowest BCUT2D eigenvalue weighted by atomic mass is 10.1. The fourth-order valence-corrected chi connectivity index (χ4v) is 2.63. The Morgan fingerprint density at radius 3 is 2.40 bits per heavy atom. The lowest BCUT2D eigenvalue weighted by molar-refractivity contribution is -0.137. The predicted octanol–water partition coefficient (Wildman–Crippen LogP) is 2.12. The predicted molar refractivity (Wildman–Crippen MR) is 58.8 cm³/mol. The average Bonchev–Trinajstić information content (AvgIpc) is 2.91. The monoisotopic (exact) mass is 211 g/mol. The van der Waals surface area contributed by atoms with Crippen LogP contribution < -0.4 is 0 Å². The SMILES string of the molecule is O=C(O)CCN(CC1CCCC1)C1CC1. The fourth-order valence-electron chi connectivity index (χ4n) is 2.63. The van der Waals surface area contributed by atoms with Gasteiger partial charge in [-0.3, -0.25) is 9.69 Å². The van der Waals surface area contributed by atoms with Crippen LogP contribution in [0.3, 0.4) is 0 Å². The number of nitrogens with zero attached hydrogens (tertiary/aromatic N) is 1. The van der Waals surface area contributed by atoms with Gasteiger partial charge in [0.15, 0.2) is 0 Å². The highest BCUT2D eigenvalue weighted by Gasteiger charge is 2.31. The maximum Gasteiger partial charge on any atom is 0.304 e. The molecule has 0 atom stereocenters. The van der Waals surface area contributed by atoms with Gasteiger partial charge in [-0.15, -0.1) is 0 Å². The molecule has 0 saturated heterocycles. The number of hydrogen-bond acceptors (Lipinski definition) is 2. The molecule has 3 heteroatoms. The molecule has 3 nitrogen and oxygen atoms in total. The lowest BCUT2D eigenvalue weighted by Crippen LogP contribution is -2.32. The van der Waals surface area contributed by atoms with E-state index in [-0.39, 0.29) is 0 Å². The second kappa shape index (κ2) is 4.97. The molecule has 0 spiro atoms. The minimum absolute atomic E-state index is 0.309. The van der Waals surface area contributed by atoms with Crippen LogP contribution in [0.15, 0.2) is 0 Å². The van der Waals surface area contributed by atoms with Gasteiger partial charge in [0.25, 0.3) is 0 Å². The minimum atomic E-state index is -0.660. The van der Waals surface area contributed by atoms with Crippen molar-refractivity contribution >= 4 is 5.97 Å². The van der Waals surface area contributed by atoms with Crippen molar-refractivity contribution in [2.75, 3.05) is 13.1 Å². The van der Waals surface area contributed by atoms with E-state index in [1.807, 2.05) is 0 Å². The highest BCUT2D eigenvalue weighted by molar-refractivity contribution is 5.66. The second-order valence-electron chi connectivity index (χ2n) is 5.02. The van der Waals surface area contributed by atoms with Crippen LogP contribution in [-0.4, -0.2) is 35.1 Å². The molecular formula is C12H21NO2. The van der Waals surface area contributed by atoms with Crippen molar-refractivity contribution in [3.05, 3.63) is 0 Å². The summed E-state index contributed by atoms with van der Waals surface area (Å²) in [5.41, 5.74) is 0. The summed E-state index contributed by atoms with van der Waals surface area (Å²) in [7, 11) is 0. The van der Waals surface area contributed by atoms with Crippen LogP contribution in [-0.2, 0) is 4.79 Å². The smallest absolute Gasteiger partial charge is 0.304 e. The van der Waals surface area contributed by atoms with E-state index in [0.717, 1.165) is 19.0 Å². The van der Waals surface area contributed by atoms with E-state index in [9.17, 15) is 4.79 Å². The quantitative estimate of drug-likeness (QED) is 0.731. The Balaban J connectivity index is 1.74. The van der Waals surface area contributed by atoms with Crippen molar-refractivity contribution in [1.82, 2.24) is 4.90 Å². The number of hydrogen-bond donors (Lipinski definition) is 1. The Kier molecular flexibility index (Phi) is 3.62. The molecule has 0 aromatic carbocycles. The molecule has 0 unspecified atom stereocenters. The van der Waals surface area contributed by atoms with Gasteiger partial charge in [-0.1, -0.05) is 12.8 Å². The van der Waals surface area contributed by atoms with Crippen LogP contribution in [0.4, 0.5) is 0 Å². The first-order valence-corrected chi connectivity index (χ1v) is 6.21. The molecule has 0 amide bonds. The van der Waals surface area contributed by atoms with Gasteiger partial charge in [0, 0.05) is 19.1 Å². The molecule has 86 valence electrons. The zero-order valence-electron chi connectivity index (χ0n) is 9.32. The summed E-state index contributed by atoms with van der Waals surface area (Å²) in [5.74, 6) is 0.187. The lowest BCUT2D eigenvalue weighted by Gasteiger charge is -2.24. The molecule has 2 aliphatic carbocycles. The molecule has 15 heavy (non-hydrogen) atoms. The minimum Gasteiger partial charge on any atom is -0.481 e. The normalized spacial score (nSPS) is 22.5. The third kappa shape index (κ3) is 3.49. The van der Waals surface area contributed by atoms with Gasteiger partial charge >= 0.3 is 5.97 Å². The first kappa shape index (κ1) is 10.9. The highest BCUT2D eigenvalue weighted by atomic mass is 16.4. The molecule has 0 radical (unpaired) electrons. The molecule has 2 fully saturated rings. The Labute approximate surface area is 91.5 Å². The van der Waals surface area contributed by atoms with Crippen molar-refractivity contribution in [2.45, 2.75) is 51.0 Å². The third-order valence-corrected chi connectivity index (χ3v) is 3.64. The van der Waals surface area contributed by atoms with Crippen molar-refractivity contribution in [3.63, 3.8) is 0 Å². The first-order chi connectivity index (χ1) is 7.25. The summed E-state index contributed by atoms with van der Waals surface area (Å²) >= 11 is 0. The van der Waals surface area contributed by atoms with E-state index in [0.29, 0.717) is 12.5 Å². The van der Waals surface area contributed by atoms with Gasteiger partial charge in [0.1, 0.15) is 0 Å². The zero-order valence-corrected chi connectivity index (χ0v) is 9.32. The molecule has 0 aliphatic heterocycles. The molecule has 0 aromatic rings. The van der Waals surface area contributed by atoms with Crippen LogP contribution in [0.5, 0.6) is 0 Å². The standard InChI is InChI=1S/C12H21NO2/c14-12(15)7-8-13(11-5-6-11)9-10-3-1-2-4-10/h10-11H,1-9H2,(H,14,15). The summed E-state index contributed by atoms with van der Waals surface area (Å²) < 4.78 is 0. The number of carboxylic acids is 1. The van der Waals surface area contributed by atoms with Crippen LogP contribution in [0.2, 0.25) is 0 Å². The third-order valence-electron chi connectivity index (χ3n) is 3.64. The Morgan fingerprint density at radius 2 is 1.87 bits per heavy atom.